The van der Waals surface area contributed by atoms with Gasteiger partial charge in [0.2, 0.25) is 0 Å². The van der Waals surface area contributed by atoms with E-state index in [1.165, 1.54) is 0 Å². The summed E-state index contributed by atoms with van der Waals surface area (Å²) < 4.78 is 0. The highest BCUT2D eigenvalue weighted by molar-refractivity contribution is 6.01. The summed E-state index contributed by atoms with van der Waals surface area (Å²) in [5, 5.41) is 3.35. The summed E-state index contributed by atoms with van der Waals surface area (Å²) in [7, 11) is 0. The number of carbonyl (C=O) groups is 1. The van der Waals surface area contributed by atoms with Gasteiger partial charge in [0.25, 0.3) is 0 Å². The number of aromatic nitrogens is 1. The van der Waals surface area contributed by atoms with Crippen LogP contribution in [-0.4, -0.2) is 10.8 Å². The molecule has 0 aliphatic carbocycles. The third-order valence-electron chi connectivity index (χ3n) is 2.44. The molecule has 1 aromatic heterocycles. The van der Waals surface area contributed by atoms with Gasteiger partial charge in [-0.05, 0) is 29.8 Å². The predicted octanol–water partition coefficient (Wildman–Crippen LogP) is 3.17. The molecular weight excluding hydrogens is 214 g/mol. The minimum atomic E-state index is -0.0391. The molecule has 4 heteroatoms. The normalized spacial score (nSPS) is 9.88. The zero-order valence-electron chi connectivity index (χ0n) is 9.13. The number of rotatable bonds is 4. The molecule has 84 valence electrons. The van der Waals surface area contributed by atoms with Gasteiger partial charge in [0.1, 0.15) is 0 Å². The fourth-order valence-corrected chi connectivity index (χ4v) is 1.59. The summed E-state index contributed by atoms with van der Waals surface area (Å²) >= 11 is 0. The first-order chi connectivity index (χ1) is 8.31. The average molecular weight is 225 g/mol. The molecule has 2 rings (SSSR count). The van der Waals surface area contributed by atoms with Crippen molar-refractivity contribution in [3.05, 3.63) is 59.9 Å². The maximum absolute atomic E-state index is 12.0. The Balaban J connectivity index is 2.23. The van der Waals surface area contributed by atoms with Gasteiger partial charge in [0.15, 0.2) is 5.78 Å². The number of benzene rings is 1. The third-order valence-corrected chi connectivity index (χ3v) is 2.44. The van der Waals surface area contributed by atoms with Crippen LogP contribution >= 0.6 is 0 Å². The van der Waals surface area contributed by atoms with Crippen molar-refractivity contribution in [1.29, 1.82) is 5.53 Å². The van der Waals surface area contributed by atoms with E-state index >= 15 is 0 Å². The maximum Gasteiger partial charge on any atom is 0.169 e. The van der Waals surface area contributed by atoms with Crippen LogP contribution in [0.3, 0.4) is 0 Å². The lowest BCUT2D eigenvalue weighted by Crippen LogP contribution is -2.03. The summed E-state index contributed by atoms with van der Waals surface area (Å²) in [6.45, 7) is 0. The van der Waals surface area contributed by atoms with Crippen molar-refractivity contribution < 1.29 is 4.79 Å². The van der Waals surface area contributed by atoms with Gasteiger partial charge in [-0.25, -0.2) is 5.53 Å². The van der Waals surface area contributed by atoms with Crippen molar-refractivity contribution in [3.63, 3.8) is 0 Å². The van der Waals surface area contributed by atoms with E-state index in [0.29, 0.717) is 17.7 Å². The van der Waals surface area contributed by atoms with Gasteiger partial charge < -0.3 is 0 Å². The molecule has 0 fully saturated rings. The molecule has 4 nitrogen and oxygen atoms in total. The number of para-hydroxylation sites is 1. The van der Waals surface area contributed by atoms with Crippen LogP contribution in [0.5, 0.6) is 0 Å². The molecule has 0 spiro atoms. The molecule has 1 heterocycles. The molecule has 1 N–H and O–H groups in total. The smallest absolute Gasteiger partial charge is 0.169 e. The SMILES string of the molecule is N=Nc1ccccc1C(=O)Cc1ccncc1. The van der Waals surface area contributed by atoms with Gasteiger partial charge in [-0.3, -0.25) is 9.78 Å². The standard InChI is InChI=1S/C13H11N3O/c14-16-12-4-2-1-3-11(12)13(17)9-10-5-7-15-8-6-10/h1-8,14H,9H2. The predicted molar refractivity (Wildman–Crippen MR) is 63.5 cm³/mol. The van der Waals surface area contributed by atoms with E-state index < -0.39 is 0 Å². The van der Waals surface area contributed by atoms with Crippen molar-refractivity contribution in [2.75, 3.05) is 0 Å². The Kier molecular flexibility index (Phi) is 3.35. The quantitative estimate of drug-likeness (QED) is 0.641. The Morgan fingerprint density at radius 3 is 2.59 bits per heavy atom. The molecule has 17 heavy (non-hydrogen) atoms. The molecule has 0 saturated carbocycles. The number of hydrogen-bond donors (Lipinski definition) is 1. The molecular formula is C13H11N3O. The van der Waals surface area contributed by atoms with Crippen molar-refractivity contribution in [2.45, 2.75) is 6.42 Å². The summed E-state index contributed by atoms with van der Waals surface area (Å²) in [5.41, 5.74) is 8.82. The van der Waals surface area contributed by atoms with E-state index in [-0.39, 0.29) is 5.78 Å². The van der Waals surface area contributed by atoms with Crippen molar-refractivity contribution in [3.8, 4) is 0 Å². The highest BCUT2D eigenvalue weighted by Gasteiger charge is 2.10. The fraction of sp³-hybridized carbons (Fsp3) is 0.0769. The monoisotopic (exact) mass is 225 g/mol. The van der Waals surface area contributed by atoms with Gasteiger partial charge in [-0.15, -0.1) is 0 Å². The van der Waals surface area contributed by atoms with Crippen LogP contribution in [0.2, 0.25) is 0 Å². The van der Waals surface area contributed by atoms with E-state index in [0.717, 1.165) is 5.56 Å². The Morgan fingerprint density at radius 1 is 1.18 bits per heavy atom. The lowest BCUT2D eigenvalue weighted by Gasteiger charge is -2.03. The number of pyridine rings is 1. The molecule has 0 aliphatic heterocycles. The second-order valence-corrected chi connectivity index (χ2v) is 3.58. The highest BCUT2D eigenvalue weighted by Crippen LogP contribution is 2.20. The molecule has 0 unspecified atom stereocenters. The largest absolute Gasteiger partial charge is 0.294 e. The van der Waals surface area contributed by atoms with E-state index in [1.54, 1.807) is 48.8 Å². The van der Waals surface area contributed by atoms with Gasteiger partial charge in [0, 0.05) is 24.4 Å². The van der Waals surface area contributed by atoms with E-state index in [4.69, 9.17) is 5.53 Å². The second-order valence-electron chi connectivity index (χ2n) is 3.58. The number of hydrogen-bond acceptors (Lipinski definition) is 4. The third kappa shape index (κ3) is 2.60. The Morgan fingerprint density at radius 2 is 1.88 bits per heavy atom. The summed E-state index contributed by atoms with van der Waals surface area (Å²) in [4.78, 5) is 15.9. The maximum atomic E-state index is 12.0. The van der Waals surface area contributed by atoms with E-state index in [9.17, 15) is 4.79 Å². The first-order valence-electron chi connectivity index (χ1n) is 5.20. The van der Waals surface area contributed by atoms with Crippen molar-refractivity contribution >= 4 is 11.5 Å². The molecule has 0 aliphatic rings. The highest BCUT2D eigenvalue weighted by atomic mass is 16.1. The van der Waals surface area contributed by atoms with Crippen LogP contribution in [0.1, 0.15) is 15.9 Å². The molecule has 0 amide bonds. The van der Waals surface area contributed by atoms with E-state index in [1.807, 2.05) is 0 Å². The van der Waals surface area contributed by atoms with Crippen molar-refractivity contribution in [2.24, 2.45) is 5.11 Å². The van der Waals surface area contributed by atoms with Crippen LogP contribution in [0.4, 0.5) is 5.69 Å². The van der Waals surface area contributed by atoms with Crippen LogP contribution in [0.15, 0.2) is 53.9 Å². The minimum Gasteiger partial charge on any atom is -0.294 e. The molecule has 0 saturated heterocycles. The Bertz CT molecular complexity index is 537. The second kappa shape index (κ2) is 5.12. The number of carbonyl (C=O) groups excluding carboxylic acids is 1. The van der Waals surface area contributed by atoms with Crippen LogP contribution in [-0.2, 0) is 6.42 Å². The van der Waals surface area contributed by atoms with Crippen LogP contribution in [0, 0.1) is 5.53 Å². The zero-order valence-corrected chi connectivity index (χ0v) is 9.13. The minimum absolute atomic E-state index is 0.0391. The number of nitrogens with one attached hydrogen (secondary N) is 1. The number of Topliss-reactive ketones (excluding diaryl/α,β-unsaturated/α-hetero) is 1. The Hall–Kier alpha value is -2.36. The molecule has 0 bridgehead atoms. The van der Waals surface area contributed by atoms with Crippen LogP contribution < -0.4 is 0 Å². The summed E-state index contributed by atoms with van der Waals surface area (Å²) in [6, 6.07) is 10.5. The zero-order chi connectivity index (χ0) is 12.1. The van der Waals surface area contributed by atoms with Gasteiger partial charge in [0.05, 0.1) is 5.69 Å². The first kappa shape index (κ1) is 11.1. The average Bonchev–Trinajstić information content (AvgIpc) is 2.40. The summed E-state index contributed by atoms with van der Waals surface area (Å²) in [5.74, 6) is -0.0391. The van der Waals surface area contributed by atoms with Gasteiger partial charge >= 0.3 is 0 Å². The van der Waals surface area contributed by atoms with Crippen LogP contribution in [0.25, 0.3) is 0 Å². The summed E-state index contributed by atoms with van der Waals surface area (Å²) in [6.07, 6.45) is 3.61. The molecule has 0 atom stereocenters. The molecule has 2 aromatic rings. The van der Waals surface area contributed by atoms with Crippen molar-refractivity contribution in [1.82, 2.24) is 4.98 Å². The van der Waals surface area contributed by atoms with Gasteiger partial charge in [-0.2, -0.15) is 5.11 Å². The number of nitrogens with zero attached hydrogens (tertiary/aromatic N) is 2. The fourth-order valence-electron chi connectivity index (χ4n) is 1.59. The number of ketones is 1. The topological polar surface area (TPSA) is 66.2 Å². The molecule has 1 aromatic carbocycles. The van der Waals surface area contributed by atoms with Gasteiger partial charge in [-0.1, -0.05) is 12.1 Å². The lowest BCUT2D eigenvalue weighted by molar-refractivity contribution is 0.0993. The Labute approximate surface area is 98.8 Å². The molecule has 0 radical (unpaired) electrons. The lowest BCUT2D eigenvalue weighted by atomic mass is 10.0. The first-order valence-corrected chi connectivity index (χ1v) is 5.20. The van der Waals surface area contributed by atoms with E-state index in [2.05, 4.69) is 10.1 Å².